The second kappa shape index (κ2) is 9.94. The molecule has 164 valence electrons. The molecule has 0 radical (unpaired) electrons. The Morgan fingerprint density at radius 3 is 1.61 bits per heavy atom. The smallest absolute Gasteiger partial charge is 0.261 e. The standard InChI is InChI=1S/C26H32O3SSi/c1-26(2,3)31(24-17-9-5-10-18-24,25-19-11-6-12-20-25)29-21-13-14-22-30(27,28)23-15-7-4-8-16-23/h4-12,15-20H,13-14,21-22H2,1-3H3. The van der Waals surface area contributed by atoms with E-state index in [4.69, 9.17) is 4.43 Å². The molecule has 0 aliphatic carbocycles. The molecule has 3 aromatic carbocycles. The quantitative estimate of drug-likeness (QED) is 0.345. The Balaban J connectivity index is 1.77. The first-order chi connectivity index (χ1) is 14.8. The highest BCUT2D eigenvalue weighted by Crippen LogP contribution is 2.36. The summed E-state index contributed by atoms with van der Waals surface area (Å²) in [7, 11) is -5.81. The lowest BCUT2D eigenvalue weighted by Gasteiger charge is -2.43. The molecule has 0 bridgehead atoms. The van der Waals surface area contributed by atoms with E-state index in [0.29, 0.717) is 24.3 Å². The van der Waals surface area contributed by atoms with Crippen molar-refractivity contribution in [2.24, 2.45) is 0 Å². The molecule has 3 rings (SSSR count). The fourth-order valence-corrected chi connectivity index (χ4v) is 10.1. The van der Waals surface area contributed by atoms with Gasteiger partial charge in [-0.3, -0.25) is 0 Å². The van der Waals surface area contributed by atoms with Crippen LogP contribution in [-0.2, 0) is 14.3 Å². The van der Waals surface area contributed by atoms with Gasteiger partial charge in [-0.15, -0.1) is 0 Å². The van der Waals surface area contributed by atoms with E-state index in [-0.39, 0.29) is 10.8 Å². The van der Waals surface area contributed by atoms with Crippen LogP contribution in [0.1, 0.15) is 33.6 Å². The van der Waals surface area contributed by atoms with Gasteiger partial charge in [0, 0.05) is 6.61 Å². The van der Waals surface area contributed by atoms with Crippen molar-refractivity contribution < 1.29 is 12.8 Å². The summed E-state index contributed by atoms with van der Waals surface area (Å²) >= 11 is 0. The summed E-state index contributed by atoms with van der Waals surface area (Å²) in [5.41, 5.74) is 0. The fourth-order valence-electron chi connectivity index (χ4n) is 4.13. The van der Waals surface area contributed by atoms with Crippen molar-refractivity contribution in [2.45, 2.75) is 43.5 Å². The highest BCUT2D eigenvalue weighted by atomic mass is 32.2. The first-order valence-corrected chi connectivity index (χ1v) is 14.4. The molecule has 0 amide bonds. The zero-order chi connectivity index (χ0) is 22.4. The van der Waals surface area contributed by atoms with Crippen LogP contribution in [0, 0.1) is 0 Å². The topological polar surface area (TPSA) is 43.4 Å². The van der Waals surface area contributed by atoms with Crippen LogP contribution in [0.5, 0.6) is 0 Å². The third-order valence-corrected chi connectivity index (χ3v) is 12.5. The summed E-state index contributed by atoms with van der Waals surface area (Å²) in [6.07, 6.45) is 1.28. The highest BCUT2D eigenvalue weighted by molar-refractivity contribution is 7.91. The van der Waals surface area contributed by atoms with Crippen LogP contribution in [0.2, 0.25) is 5.04 Å². The lowest BCUT2D eigenvalue weighted by Crippen LogP contribution is -2.66. The summed E-state index contributed by atoms with van der Waals surface area (Å²) in [5, 5.41) is 2.41. The molecule has 5 heteroatoms. The maximum Gasteiger partial charge on any atom is 0.261 e. The number of hydrogen-bond donors (Lipinski definition) is 0. The van der Waals surface area contributed by atoms with Crippen molar-refractivity contribution in [1.82, 2.24) is 0 Å². The van der Waals surface area contributed by atoms with Gasteiger partial charge in [0.05, 0.1) is 10.6 Å². The van der Waals surface area contributed by atoms with E-state index >= 15 is 0 Å². The Morgan fingerprint density at radius 1 is 0.710 bits per heavy atom. The molecule has 0 aliphatic heterocycles. The number of rotatable bonds is 9. The van der Waals surface area contributed by atoms with Crippen LogP contribution in [0.25, 0.3) is 0 Å². The fraction of sp³-hybridized carbons (Fsp3) is 0.308. The van der Waals surface area contributed by atoms with Crippen molar-refractivity contribution >= 4 is 28.5 Å². The second-order valence-corrected chi connectivity index (χ2v) is 15.3. The first kappa shape index (κ1) is 23.5. The van der Waals surface area contributed by atoms with Gasteiger partial charge in [0.25, 0.3) is 8.32 Å². The molecule has 0 N–H and O–H groups in total. The van der Waals surface area contributed by atoms with Gasteiger partial charge >= 0.3 is 0 Å². The minimum Gasteiger partial charge on any atom is -0.407 e. The van der Waals surface area contributed by atoms with Crippen molar-refractivity contribution in [1.29, 1.82) is 0 Å². The van der Waals surface area contributed by atoms with E-state index in [1.165, 1.54) is 10.4 Å². The largest absolute Gasteiger partial charge is 0.407 e. The normalized spacial score (nSPS) is 12.6. The monoisotopic (exact) mass is 452 g/mol. The Hall–Kier alpha value is -2.21. The molecular weight excluding hydrogens is 420 g/mol. The summed E-state index contributed by atoms with van der Waals surface area (Å²) < 4.78 is 32.0. The van der Waals surface area contributed by atoms with Gasteiger partial charge in [-0.25, -0.2) is 8.42 Å². The molecule has 0 unspecified atom stereocenters. The van der Waals surface area contributed by atoms with Crippen LogP contribution >= 0.6 is 0 Å². The Labute approximate surface area is 188 Å². The van der Waals surface area contributed by atoms with Gasteiger partial charge in [-0.1, -0.05) is 99.6 Å². The minimum atomic E-state index is -3.25. The molecule has 0 saturated carbocycles. The summed E-state index contributed by atoms with van der Waals surface area (Å²) in [4.78, 5) is 0.392. The molecular formula is C26H32O3SSi. The van der Waals surface area contributed by atoms with Crippen molar-refractivity contribution in [3.05, 3.63) is 91.0 Å². The molecule has 0 atom stereocenters. The van der Waals surface area contributed by atoms with Gasteiger partial charge in [0.1, 0.15) is 0 Å². The van der Waals surface area contributed by atoms with Crippen molar-refractivity contribution in [3.63, 3.8) is 0 Å². The average molecular weight is 453 g/mol. The first-order valence-electron chi connectivity index (χ1n) is 10.8. The maximum absolute atomic E-state index is 12.6. The van der Waals surface area contributed by atoms with Gasteiger partial charge in [0.15, 0.2) is 9.84 Å². The summed E-state index contributed by atoms with van der Waals surface area (Å²) in [6.45, 7) is 7.29. The third kappa shape index (κ3) is 5.35. The second-order valence-electron chi connectivity index (χ2n) is 8.85. The van der Waals surface area contributed by atoms with E-state index in [2.05, 4.69) is 69.3 Å². The van der Waals surface area contributed by atoms with Gasteiger partial charge in [-0.2, -0.15) is 0 Å². The summed E-state index contributed by atoms with van der Waals surface area (Å²) in [5.74, 6) is 0.140. The third-order valence-electron chi connectivity index (χ3n) is 5.65. The van der Waals surface area contributed by atoms with Crippen LogP contribution in [0.15, 0.2) is 95.9 Å². The number of unbranched alkanes of at least 4 members (excludes halogenated alkanes) is 1. The van der Waals surface area contributed by atoms with E-state index < -0.39 is 18.2 Å². The van der Waals surface area contributed by atoms with Crippen LogP contribution in [-0.4, -0.2) is 29.1 Å². The lowest BCUT2D eigenvalue weighted by atomic mass is 10.2. The molecule has 0 spiro atoms. The Bertz CT molecular complexity index is 1000. The number of sulfone groups is 1. The average Bonchev–Trinajstić information content (AvgIpc) is 2.77. The van der Waals surface area contributed by atoms with Gasteiger partial charge in [-0.05, 0) is 40.4 Å². The molecule has 0 fully saturated rings. The molecule has 0 aliphatic rings. The van der Waals surface area contributed by atoms with Crippen LogP contribution in [0.3, 0.4) is 0 Å². The highest BCUT2D eigenvalue weighted by Gasteiger charge is 2.49. The molecule has 3 nitrogen and oxygen atoms in total. The molecule has 31 heavy (non-hydrogen) atoms. The number of benzene rings is 3. The molecule has 3 aromatic rings. The molecule has 0 heterocycles. The Morgan fingerprint density at radius 2 is 1.16 bits per heavy atom. The molecule has 0 saturated heterocycles. The summed E-state index contributed by atoms with van der Waals surface area (Å²) in [6, 6.07) is 29.7. The van der Waals surface area contributed by atoms with Crippen LogP contribution < -0.4 is 10.4 Å². The predicted octanol–water partition coefficient (Wildman–Crippen LogP) is 4.82. The van der Waals surface area contributed by atoms with Crippen molar-refractivity contribution in [2.75, 3.05) is 12.4 Å². The molecule has 0 aromatic heterocycles. The van der Waals surface area contributed by atoms with Gasteiger partial charge in [0.2, 0.25) is 0 Å². The Kier molecular flexibility index (Phi) is 7.52. The van der Waals surface area contributed by atoms with E-state index in [0.717, 1.165) is 0 Å². The zero-order valence-corrected chi connectivity index (χ0v) is 20.4. The lowest BCUT2D eigenvalue weighted by molar-refractivity contribution is 0.290. The zero-order valence-electron chi connectivity index (χ0n) is 18.6. The van der Waals surface area contributed by atoms with Crippen LogP contribution in [0.4, 0.5) is 0 Å². The maximum atomic E-state index is 12.6. The van der Waals surface area contributed by atoms with E-state index in [1.807, 2.05) is 18.2 Å². The predicted molar refractivity (Wildman–Crippen MR) is 131 cm³/mol. The SMILES string of the molecule is CC(C)(C)[Si](OCCCCS(=O)(=O)c1ccccc1)(c1ccccc1)c1ccccc1. The minimum absolute atomic E-state index is 0.0776. The van der Waals surface area contributed by atoms with Crippen molar-refractivity contribution in [3.8, 4) is 0 Å². The van der Waals surface area contributed by atoms with Gasteiger partial charge < -0.3 is 4.43 Å². The van der Waals surface area contributed by atoms with E-state index in [9.17, 15) is 8.42 Å². The number of hydrogen-bond acceptors (Lipinski definition) is 3. The van der Waals surface area contributed by atoms with E-state index in [1.54, 1.807) is 24.3 Å².